The molecule has 1 aromatic heterocycles. The van der Waals surface area contributed by atoms with Gasteiger partial charge in [-0.3, -0.25) is 9.69 Å². The van der Waals surface area contributed by atoms with Crippen molar-refractivity contribution in [3.63, 3.8) is 0 Å². The number of nitrogens with zero attached hydrogens (tertiary/aromatic N) is 4. The Kier molecular flexibility index (Phi) is 5.48. The maximum atomic E-state index is 12.8. The van der Waals surface area contributed by atoms with E-state index in [0.717, 1.165) is 55.8 Å². The van der Waals surface area contributed by atoms with Gasteiger partial charge in [0.15, 0.2) is 0 Å². The number of hydrogen-bond acceptors (Lipinski definition) is 5. The summed E-state index contributed by atoms with van der Waals surface area (Å²) in [5, 5.41) is 7.89. The van der Waals surface area contributed by atoms with Gasteiger partial charge in [0.2, 0.25) is 11.8 Å². The molecule has 0 aliphatic carbocycles. The van der Waals surface area contributed by atoms with Crippen LogP contribution in [0.15, 0.2) is 59.0 Å². The second kappa shape index (κ2) is 8.35. The number of benzene rings is 2. The molecule has 0 unspecified atom stereocenters. The van der Waals surface area contributed by atoms with E-state index in [1.54, 1.807) is 6.92 Å². The Morgan fingerprint density at radius 2 is 1.61 bits per heavy atom. The topological polar surface area (TPSA) is 62.5 Å². The van der Waals surface area contributed by atoms with Crippen molar-refractivity contribution in [2.75, 3.05) is 32.7 Å². The van der Waals surface area contributed by atoms with E-state index in [1.165, 1.54) is 0 Å². The van der Waals surface area contributed by atoms with Gasteiger partial charge in [0.05, 0.1) is 0 Å². The summed E-state index contributed by atoms with van der Waals surface area (Å²) in [6.45, 7) is 5.87. The van der Waals surface area contributed by atoms with Crippen LogP contribution in [0.1, 0.15) is 22.1 Å². The first kappa shape index (κ1) is 18.4. The zero-order valence-corrected chi connectivity index (χ0v) is 16.0. The second-order valence-corrected chi connectivity index (χ2v) is 7.04. The molecule has 28 heavy (non-hydrogen) atoms. The van der Waals surface area contributed by atoms with Gasteiger partial charge in [0.1, 0.15) is 0 Å². The first-order valence-corrected chi connectivity index (χ1v) is 9.65. The van der Waals surface area contributed by atoms with Crippen LogP contribution in [0.25, 0.3) is 11.1 Å². The van der Waals surface area contributed by atoms with Crippen molar-refractivity contribution in [3.8, 4) is 11.1 Å². The zero-order valence-electron chi connectivity index (χ0n) is 16.0. The molecule has 144 valence electrons. The molecule has 3 aromatic rings. The highest BCUT2D eigenvalue weighted by atomic mass is 16.4. The summed E-state index contributed by atoms with van der Waals surface area (Å²) in [5.74, 6) is 1.38. The van der Waals surface area contributed by atoms with E-state index in [1.807, 2.05) is 47.4 Å². The SMILES string of the molecule is Cc1nnc(CCN2CCN(C(=O)c3ccc(-c4ccccc4)cc3)CC2)o1. The maximum Gasteiger partial charge on any atom is 0.253 e. The van der Waals surface area contributed by atoms with Crippen molar-refractivity contribution in [3.05, 3.63) is 71.9 Å². The highest BCUT2D eigenvalue weighted by Crippen LogP contribution is 2.20. The molecular formula is C22H24N4O2. The van der Waals surface area contributed by atoms with Gasteiger partial charge in [0, 0.05) is 51.6 Å². The van der Waals surface area contributed by atoms with E-state index in [9.17, 15) is 4.79 Å². The number of piperazine rings is 1. The fraction of sp³-hybridized carbons (Fsp3) is 0.318. The fourth-order valence-corrected chi connectivity index (χ4v) is 3.49. The van der Waals surface area contributed by atoms with Crippen LogP contribution in [0.3, 0.4) is 0 Å². The predicted molar refractivity (Wildman–Crippen MR) is 107 cm³/mol. The molecule has 1 aliphatic rings. The Hall–Kier alpha value is -2.99. The maximum absolute atomic E-state index is 12.8. The van der Waals surface area contributed by atoms with Gasteiger partial charge in [-0.1, -0.05) is 42.5 Å². The van der Waals surface area contributed by atoms with E-state index < -0.39 is 0 Å². The minimum atomic E-state index is 0.104. The van der Waals surface area contributed by atoms with E-state index in [4.69, 9.17) is 4.42 Å². The smallest absolute Gasteiger partial charge is 0.253 e. The van der Waals surface area contributed by atoms with Crippen LogP contribution >= 0.6 is 0 Å². The van der Waals surface area contributed by atoms with E-state index in [0.29, 0.717) is 11.8 Å². The first-order valence-electron chi connectivity index (χ1n) is 9.65. The summed E-state index contributed by atoms with van der Waals surface area (Å²) in [6, 6.07) is 18.1. The Balaban J connectivity index is 1.30. The van der Waals surface area contributed by atoms with Crippen molar-refractivity contribution in [2.45, 2.75) is 13.3 Å². The van der Waals surface area contributed by atoms with Gasteiger partial charge in [-0.25, -0.2) is 0 Å². The van der Waals surface area contributed by atoms with Crippen LogP contribution < -0.4 is 0 Å². The van der Waals surface area contributed by atoms with E-state index >= 15 is 0 Å². The van der Waals surface area contributed by atoms with Crippen LogP contribution in [0, 0.1) is 6.92 Å². The zero-order chi connectivity index (χ0) is 19.3. The Labute approximate surface area is 164 Å². The molecule has 1 amide bonds. The summed E-state index contributed by atoms with van der Waals surface area (Å²) < 4.78 is 5.42. The number of aromatic nitrogens is 2. The van der Waals surface area contributed by atoms with Gasteiger partial charge >= 0.3 is 0 Å². The first-order chi connectivity index (χ1) is 13.7. The molecule has 6 heteroatoms. The molecule has 2 aromatic carbocycles. The lowest BCUT2D eigenvalue weighted by Crippen LogP contribution is -2.49. The standard InChI is InChI=1S/C22H24N4O2/c1-17-23-24-21(28-17)11-12-25-13-15-26(16-14-25)22(27)20-9-7-19(8-10-20)18-5-3-2-4-6-18/h2-10H,11-16H2,1H3. The van der Waals surface area contributed by atoms with Gasteiger partial charge in [0.25, 0.3) is 5.91 Å². The average Bonchev–Trinajstić information content (AvgIpc) is 3.18. The highest BCUT2D eigenvalue weighted by molar-refractivity contribution is 5.94. The molecule has 2 heterocycles. The predicted octanol–water partition coefficient (Wildman–Crippen LogP) is 3.05. The molecule has 1 aliphatic heterocycles. The normalized spacial score (nSPS) is 15.0. The summed E-state index contributed by atoms with van der Waals surface area (Å²) in [7, 11) is 0. The second-order valence-electron chi connectivity index (χ2n) is 7.04. The third-order valence-electron chi connectivity index (χ3n) is 5.11. The summed E-state index contributed by atoms with van der Waals surface area (Å²) in [5.41, 5.74) is 3.03. The summed E-state index contributed by atoms with van der Waals surface area (Å²) >= 11 is 0. The number of rotatable bonds is 5. The molecule has 0 bridgehead atoms. The monoisotopic (exact) mass is 376 g/mol. The van der Waals surface area contributed by atoms with Crippen LogP contribution in [-0.4, -0.2) is 58.6 Å². The molecule has 4 rings (SSSR count). The lowest BCUT2D eigenvalue weighted by Gasteiger charge is -2.34. The van der Waals surface area contributed by atoms with E-state index in [2.05, 4.69) is 27.2 Å². The van der Waals surface area contributed by atoms with Gasteiger partial charge < -0.3 is 9.32 Å². The number of amides is 1. The molecule has 0 atom stereocenters. The van der Waals surface area contributed by atoms with E-state index in [-0.39, 0.29) is 5.91 Å². The molecular weight excluding hydrogens is 352 g/mol. The van der Waals surface area contributed by atoms with Gasteiger partial charge in [-0.15, -0.1) is 10.2 Å². The van der Waals surface area contributed by atoms with Crippen LogP contribution in [0.5, 0.6) is 0 Å². The molecule has 0 saturated carbocycles. The minimum absolute atomic E-state index is 0.104. The van der Waals surface area contributed by atoms with Crippen LogP contribution in [-0.2, 0) is 6.42 Å². The molecule has 0 N–H and O–H groups in total. The van der Waals surface area contributed by atoms with Gasteiger partial charge in [-0.05, 0) is 23.3 Å². The summed E-state index contributed by atoms with van der Waals surface area (Å²) in [4.78, 5) is 17.1. The number of carbonyl (C=O) groups is 1. The minimum Gasteiger partial charge on any atom is -0.426 e. The molecule has 0 spiro atoms. The third kappa shape index (κ3) is 4.28. The number of hydrogen-bond donors (Lipinski definition) is 0. The Morgan fingerprint density at radius 1 is 0.929 bits per heavy atom. The third-order valence-corrected chi connectivity index (χ3v) is 5.11. The van der Waals surface area contributed by atoms with Crippen molar-refractivity contribution < 1.29 is 9.21 Å². The quantitative estimate of drug-likeness (QED) is 0.685. The van der Waals surface area contributed by atoms with Crippen molar-refractivity contribution >= 4 is 5.91 Å². The van der Waals surface area contributed by atoms with Crippen LogP contribution in [0.4, 0.5) is 0 Å². The van der Waals surface area contributed by atoms with Crippen molar-refractivity contribution in [2.24, 2.45) is 0 Å². The Bertz CT molecular complexity index is 913. The highest BCUT2D eigenvalue weighted by Gasteiger charge is 2.22. The number of aryl methyl sites for hydroxylation is 1. The summed E-state index contributed by atoms with van der Waals surface area (Å²) in [6.07, 6.45) is 0.746. The average molecular weight is 376 g/mol. The van der Waals surface area contributed by atoms with Gasteiger partial charge in [-0.2, -0.15) is 0 Å². The van der Waals surface area contributed by atoms with Crippen LogP contribution in [0.2, 0.25) is 0 Å². The molecule has 1 fully saturated rings. The molecule has 1 saturated heterocycles. The molecule has 6 nitrogen and oxygen atoms in total. The van der Waals surface area contributed by atoms with Crippen molar-refractivity contribution in [1.29, 1.82) is 0 Å². The number of carbonyl (C=O) groups excluding carboxylic acids is 1. The Morgan fingerprint density at radius 3 is 2.25 bits per heavy atom. The molecule has 0 radical (unpaired) electrons. The fourth-order valence-electron chi connectivity index (χ4n) is 3.49. The van der Waals surface area contributed by atoms with Crippen molar-refractivity contribution in [1.82, 2.24) is 20.0 Å². The lowest BCUT2D eigenvalue weighted by atomic mass is 10.0. The lowest BCUT2D eigenvalue weighted by molar-refractivity contribution is 0.0636. The largest absolute Gasteiger partial charge is 0.426 e.